The highest BCUT2D eigenvalue weighted by Gasteiger charge is 2.33. The Morgan fingerprint density at radius 2 is 1.68 bits per heavy atom. The van der Waals surface area contributed by atoms with Crippen LogP contribution < -0.4 is 14.4 Å². The first kappa shape index (κ1) is 29.0. The maximum absolute atomic E-state index is 13.9. The van der Waals surface area contributed by atoms with E-state index in [0.717, 1.165) is 15.4 Å². The fourth-order valence-corrected chi connectivity index (χ4v) is 5.48. The standard InChI is InChI=1S/C28H32ClN3O5S/c1-5-30-28(34)21(3)31(18-22-12-14-23(29)15-13-22)27(33)19-32(25-17-20(2)11-16-26(25)37-4)38(35,36)24-9-7-6-8-10-24/h6-17,21H,5,18-19H2,1-4H3,(H,30,34). The maximum atomic E-state index is 13.9. The summed E-state index contributed by atoms with van der Waals surface area (Å²) in [7, 11) is -2.74. The molecule has 8 nitrogen and oxygen atoms in total. The molecule has 0 saturated carbocycles. The van der Waals surface area contributed by atoms with Gasteiger partial charge in [0.25, 0.3) is 10.0 Å². The summed E-state index contributed by atoms with van der Waals surface area (Å²) in [6.07, 6.45) is 0. The second kappa shape index (κ2) is 12.8. The number of benzene rings is 3. The minimum atomic E-state index is -4.18. The highest BCUT2D eigenvalue weighted by atomic mass is 35.5. The number of aryl methyl sites for hydroxylation is 1. The lowest BCUT2D eigenvalue weighted by atomic mass is 10.1. The van der Waals surface area contributed by atoms with Crippen molar-refractivity contribution in [3.8, 4) is 5.75 Å². The van der Waals surface area contributed by atoms with Crippen LogP contribution in [0.25, 0.3) is 0 Å². The highest BCUT2D eigenvalue weighted by Crippen LogP contribution is 2.33. The molecular weight excluding hydrogens is 526 g/mol. The zero-order valence-electron chi connectivity index (χ0n) is 21.8. The van der Waals surface area contributed by atoms with Gasteiger partial charge >= 0.3 is 0 Å². The summed E-state index contributed by atoms with van der Waals surface area (Å²) in [5.74, 6) is -0.605. The number of hydrogen-bond acceptors (Lipinski definition) is 5. The number of sulfonamides is 1. The lowest BCUT2D eigenvalue weighted by molar-refractivity contribution is -0.139. The van der Waals surface area contributed by atoms with Crippen molar-refractivity contribution in [2.24, 2.45) is 0 Å². The number of anilines is 1. The second-order valence-corrected chi connectivity index (χ2v) is 11.0. The third-order valence-corrected chi connectivity index (χ3v) is 8.02. The molecule has 0 spiro atoms. The SMILES string of the molecule is CCNC(=O)C(C)N(Cc1ccc(Cl)cc1)C(=O)CN(c1cc(C)ccc1OC)S(=O)(=O)c1ccccc1. The second-order valence-electron chi connectivity index (χ2n) is 8.72. The number of amides is 2. The number of halogens is 1. The van der Waals surface area contributed by atoms with E-state index in [0.29, 0.717) is 17.3 Å². The number of likely N-dealkylation sites (N-methyl/N-ethyl adjacent to an activating group) is 1. The molecule has 0 bridgehead atoms. The van der Waals surface area contributed by atoms with Crippen molar-refractivity contribution in [2.45, 2.75) is 38.3 Å². The van der Waals surface area contributed by atoms with Crippen LogP contribution in [0, 0.1) is 6.92 Å². The Bertz CT molecular complexity index is 1360. The van der Waals surface area contributed by atoms with Crippen LogP contribution in [0.3, 0.4) is 0 Å². The number of methoxy groups -OCH3 is 1. The highest BCUT2D eigenvalue weighted by molar-refractivity contribution is 7.92. The summed E-state index contributed by atoms with van der Waals surface area (Å²) in [6.45, 7) is 5.15. The summed E-state index contributed by atoms with van der Waals surface area (Å²) >= 11 is 6.02. The van der Waals surface area contributed by atoms with Crippen LogP contribution in [0.2, 0.25) is 5.02 Å². The first-order valence-electron chi connectivity index (χ1n) is 12.1. The van der Waals surface area contributed by atoms with Gasteiger partial charge in [-0.2, -0.15) is 0 Å². The minimum absolute atomic E-state index is 0.0254. The normalized spacial score (nSPS) is 11.9. The number of rotatable bonds is 11. The van der Waals surface area contributed by atoms with Crippen LogP contribution in [0.5, 0.6) is 5.75 Å². The zero-order valence-corrected chi connectivity index (χ0v) is 23.4. The van der Waals surface area contributed by atoms with Gasteiger partial charge < -0.3 is 15.0 Å². The van der Waals surface area contributed by atoms with Crippen molar-refractivity contribution in [1.29, 1.82) is 0 Å². The molecule has 202 valence electrons. The van der Waals surface area contributed by atoms with Crippen LogP contribution >= 0.6 is 11.6 Å². The molecule has 38 heavy (non-hydrogen) atoms. The summed E-state index contributed by atoms with van der Waals surface area (Å²) < 4.78 is 34.3. The Kier molecular flexibility index (Phi) is 9.77. The van der Waals surface area contributed by atoms with E-state index in [1.165, 1.54) is 24.1 Å². The lowest BCUT2D eigenvalue weighted by Gasteiger charge is -2.32. The Labute approximate surface area is 229 Å². The third kappa shape index (κ3) is 6.85. The monoisotopic (exact) mass is 557 g/mol. The molecule has 0 aliphatic carbocycles. The van der Waals surface area contributed by atoms with Gasteiger partial charge in [0.2, 0.25) is 11.8 Å². The van der Waals surface area contributed by atoms with Gasteiger partial charge in [-0.05, 0) is 68.3 Å². The van der Waals surface area contributed by atoms with E-state index in [4.69, 9.17) is 16.3 Å². The number of nitrogens with one attached hydrogen (secondary N) is 1. The molecular formula is C28H32ClN3O5S. The van der Waals surface area contributed by atoms with E-state index in [1.807, 2.05) is 6.92 Å². The van der Waals surface area contributed by atoms with Gasteiger partial charge in [-0.25, -0.2) is 8.42 Å². The van der Waals surface area contributed by atoms with E-state index in [2.05, 4.69) is 5.32 Å². The molecule has 0 heterocycles. The molecule has 0 aromatic heterocycles. The number of carbonyl (C=O) groups excluding carboxylic acids is 2. The summed E-state index contributed by atoms with van der Waals surface area (Å²) in [5.41, 5.74) is 1.75. The summed E-state index contributed by atoms with van der Waals surface area (Å²) in [4.78, 5) is 28.0. The van der Waals surface area contributed by atoms with Crippen LogP contribution in [0.1, 0.15) is 25.0 Å². The number of nitrogens with zero attached hydrogens (tertiary/aromatic N) is 2. The third-order valence-electron chi connectivity index (χ3n) is 6.00. The average Bonchev–Trinajstić information content (AvgIpc) is 2.91. The quantitative estimate of drug-likeness (QED) is 0.377. The Morgan fingerprint density at radius 1 is 1.03 bits per heavy atom. The average molecular weight is 558 g/mol. The van der Waals surface area contributed by atoms with Crippen molar-refractivity contribution < 1.29 is 22.7 Å². The van der Waals surface area contributed by atoms with Crippen LogP contribution in [0.15, 0.2) is 77.7 Å². The van der Waals surface area contributed by atoms with Gasteiger partial charge in [-0.15, -0.1) is 0 Å². The fourth-order valence-electron chi connectivity index (χ4n) is 3.92. The van der Waals surface area contributed by atoms with Gasteiger partial charge in [-0.3, -0.25) is 13.9 Å². The van der Waals surface area contributed by atoms with Crippen LogP contribution in [-0.2, 0) is 26.2 Å². The first-order chi connectivity index (χ1) is 18.1. The minimum Gasteiger partial charge on any atom is -0.495 e. The molecule has 3 aromatic carbocycles. The van der Waals surface area contributed by atoms with E-state index in [-0.39, 0.29) is 23.0 Å². The van der Waals surface area contributed by atoms with Gasteiger partial charge in [0.1, 0.15) is 18.3 Å². The molecule has 0 aliphatic heterocycles. The largest absolute Gasteiger partial charge is 0.495 e. The van der Waals surface area contributed by atoms with Gasteiger partial charge in [0.15, 0.2) is 0 Å². The van der Waals surface area contributed by atoms with Crippen LogP contribution in [0.4, 0.5) is 5.69 Å². The maximum Gasteiger partial charge on any atom is 0.264 e. The van der Waals surface area contributed by atoms with Crippen molar-refractivity contribution in [1.82, 2.24) is 10.2 Å². The molecule has 0 radical (unpaired) electrons. The fraction of sp³-hybridized carbons (Fsp3) is 0.286. The van der Waals surface area contributed by atoms with Crippen molar-refractivity contribution in [3.63, 3.8) is 0 Å². The summed E-state index contributed by atoms with van der Waals surface area (Å²) in [5, 5.41) is 3.27. The molecule has 0 fully saturated rings. The smallest absolute Gasteiger partial charge is 0.264 e. The van der Waals surface area contributed by atoms with Gasteiger partial charge in [0, 0.05) is 18.1 Å². The molecule has 1 atom stereocenters. The molecule has 0 aliphatic rings. The summed E-state index contributed by atoms with van der Waals surface area (Å²) in [6, 6.07) is 19.0. The van der Waals surface area contributed by atoms with Gasteiger partial charge in [0.05, 0.1) is 17.7 Å². The zero-order chi connectivity index (χ0) is 27.9. The van der Waals surface area contributed by atoms with E-state index < -0.39 is 28.5 Å². The molecule has 1 N–H and O–H groups in total. The van der Waals surface area contributed by atoms with E-state index in [9.17, 15) is 18.0 Å². The van der Waals surface area contributed by atoms with E-state index >= 15 is 0 Å². The topological polar surface area (TPSA) is 96.0 Å². The number of ether oxygens (including phenoxy) is 1. The molecule has 10 heteroatoms. The predicted molar refractivity (Wildman–Crippen MR) is 149 cm³/mol. The van der Waals surface area contributed by atoms with E-state index in [1.54, 1.807) is 74.5 Å². The Balaban J connectivity index is 2.08. The van der Waals surface area contributed by atoms with Crippen LogP contribution in [-0.4, -0.2) is 51.4 Å². The molecule has 3 rings (SSSR count). The lowest BCUT2D eigenvalue weighted by Crippen LogP contribution is -2.51. The Morgan fingerprint density at radius 3 is 2.29 bits per heavy atom. The van der Waals surface area contributed by atoms with Crippen molar-refractivity contribution in [2.75, 3.05) is 24.5 Å². The first-order valence-corrected chi connectivity index (χ1v) is 13.9. The Hall–Kier alpha value is -3.56. The predicted octanol–water partition coefficient (Wildman–Crippen LogP) is 4.41. The molecule has 0 saturated heterocycles. The number of hydrogen-bond donors (Lipinski definition) is 1. The number of carbonyl (C=O) groups is 2. The molecule has 2 amide bonds. The van der Waals surface area contributed by atoms with Gasteiger partial charge in [-0.1, -0.05) is 48.0 Å². The van der Waals surface area contributed by atoms with Crippen molar-refractivity contribution in [3.05, 3.63) is 88.9 Å². The molecule has 1 unspecified atom stereocenters. The molecule has 3 aromatic rings. The van der Waals surface area contributed by atoms with Crippen molar-refractivity contribution >= 4 is 39.1 Å².